The highest BCUT2D eigenvalue weighted by Crippen LogP contribution is 2.21. The van der Waals surface area contributed by atoms with Crippen molar-refractivity contribution in [3.8, 4) is 0 Å². The van der Waals surface area contributed by atoms with Crippen molar-refractivity contribution in [2.24, 2.45) is 5.73 Å². The molecule has 0 aliphatic heterocycles. The second-order valence-electron chi connectivity index (χ2n) is 3.59. The first-order chi connectivity index (χ1) is 7.15. The van der Waals surface area contributed by atoms with Gasteiger partial charge >= 0.3 is 0 Å². The predicted molar refractivity (Wildman–Crippen MR) is 64.1 cm³/mol. The average molecular weight is 275 g/mol. The maximum absolute atomic E-state index is 13.2. The van der Waals surface area contributed by atoms with Crippen LogP contribution in [0.25, 0.3) is 0 Å². The van der Waals surface area contributed by atoms with Gasteiger partial charge in [0.1, 0.15) is 5.82 Å². The zero-order valence-corrected chi connectivity index (χ0v) is 10.4. The number of benzene rings is 1. The summed E-state index contributed by atoms with van der Waals surface area (Å²) in [6.07, 6.45) is 0.962. The van der Waals surface area contributed by atoms with E-state index in [4.69, 9.17) is 5.73 Å². The highest BCUT2D eigenvalue weighted by Gasteiger charge is 2.07. The lowest BCUT2D eigenvalue weighted by Crippen LogP contribution is -2.21. The lowest BCUT2D eigenvalue weighted by atomic mass is 10.2. The number of hydrogen-bond donors (Lipinski definition) is 1. The van der Waals surface area contributed by atoms with E-state index in [0.717, 1.165) is 25.1 Å². The van der Waals surface area contributed by atoms with Gasteiger partial charge in [0.05, 0.1) is 4.47 Å². The lowest BCUT2D eigenvalue weighted by molar-refractivity contribution is 0.323. The van der Waals surface area contributed by atoms with Gasteiger partial charge in [-0.15, -0.1) is 0 Å². The van der Waals surface area contributed by atoms with Crippen molar-refractivity contribution < 1.29 is 4.39 Å². The summed E-state index contributed by atoms with van der Waals surface area (Å²) in [5.74, 6) is -0.209. The van der Waals surface area contributed by atoms with Gasteiger partial charge in [0.15, 0.2) is 0 Å². The average Bonchev–Trinajstić information content (AvgIpc) is 2.22. The summed E-state index contributed by atoms with van der Waals surface area (Å²) in [6, 6.07) is 5.10. The zero-order chi connectivity index (χ0) is 11.3. The van der Waals surface area contributed by atoms with E-state index in [2.05, 4.69) is 20.8 Å². The second kappa shape index (κ2) is 6.20. The number of rotatable bonds is 5. The normalized spacial score (nSPS) is 11.0. The van der Waals surface area contributed by atoms with Crippen LogP contribution in [-0.2, 0) is 6.54 Å². The summed E-state index contributed by atoms with van der Waals surface area (Å²) < 4.78 is 13.8. The molecule has 0 aliphatic carbocycles. The molecule has 84 valence electrons. The van der Waals surface area contributed by atoms with Gasteiger partial charge in [-0.25, -0.2) is 4.39 Å². The van der Waals surface area contributed by atoms with Crippen molar-refractivity contribution >= 4 is 15.9 Å². The minimum atomic E-state index is -0.209. The topological polar surface area (TPSA) is 29.3 Å². The molecule has 4 heteroatoms. The van der Waals surface area contributed by atoms with Gasteiger partial charge in [-0.05, 0) is 54.1 Å². The van der Waals surface area contributed by atoms with Crippen LogP contribution in [-0.4, -0.2) is 25.0 Å². The second-order valence-corrected chi connectivity index (χ2v) is 4.39. The summed E-state index contributed by atoms with van der Waals surface area (Å²) in [6.45, 7) is 2.35. The van der Waals surface area contributed by atoms with Crippen LogP contribution in [0.15, 0.2) is 22.7 Å². The van der Waals surface area contributed by atoms with E-state index in [-0.39, 0.29) is 5.82 Å². The van der Waals surface area contributed by atoms with Gasteiger partial charge in [0.25, 0.3) is 0 Å². The molecule has 0 radical (unpaired) electrons. The van der Waals surface area contributed by atoms with E-state index < -0.39 is 0 Å². The molecule has 0 aliphatic rings. The molecule has 2 N–H and O–H groups in total. The van der Waals surface area contributed by atoms with E-state index in [0.29, 0.717) is 11.0 Å². The zero-order valence-electron chi connectivity index (χ0n) is 8.84. The third kappa shape index (κ3) is 3.89. The Morgan fingerprint density at radius 1 is 1.47 bits per heavy atom. The first kappa shape index (κ1) is 12.6. The summed E-state index contributed by atoms with van der Waals surface area (Å²) >= 11 is 3.25. The Balaban J connectivity index is 2.60. The van der Waals surface area contributed by atoms with Crippen LogP contribution in [0.4, 0.5) is 4.39 Å². The Morgan fingerprint density at radius 3 is 2.87 bits per heavy atom. The van der Waals surface area contributed by atoms with E-state index in [1.807, 2.05) is 13.1 Å². The van der Waals surface area contributed by atoms with Crippen LogP contribution < -0.4 is 5.73 Å². The standard InChI is InChI=1S/C11H16BrFN2/c1-15(7-3-6-14)8-9-4-2-5-10(13)11(9)12/h2,4-5H,3,6-8,14H2,1H3. The molecule has 15 heavy (non-hydrogen) atoms. The fourth-order valence-electron chi connectivity index (χ4n) is 1.40. The van der Waals surface area contributed by atoms with Gasteiger partial charge < -0.3 is 10.6 Å². The minimum Gasteiger partial charge on any atom is -0.330 e. The molecule has 0 spiro atoms. The Hall–Kier alpha value is -0.450. The van der Waals surface area contributed by atoms with Crippen molar-refractivity contribution in [2.45, 2.75) is 13.0 Å². The molecular formula is C11H16BrFN2. The fraction of sp³-hybridized carbons (Fsp3) is 0.455. The molecule has 0 aromatic heterocycles. The molecule has 0 fully saturated rings. The summed E-state index contributed by atoms with van der Waals surface area (Å²) in [5, 5.41) is 0. The van der Waals surface area contributed by atoms with Crippen LogP contribution >= 0.6 is 15.9 Å². The van der Waals surface area contributed by atoms with Crippen LogP contribution in [0.3, 0.4) is 0 Å². The molecule has 1 rings (SSSR count). The fourth-order valence-corrected chi connectivity index (χ4v) is 1.79. The third-order valence-corrected chi connectivity index (χ3v) is 3.10. The predicted octanol–water partition coefficient (Wildman–Crippen LogP) is 2.37. The van der Waals surface area contributed by atoms with Crippen LogP contribution in [0.2, 0.25) is 0 Å². The minimum absolute atomic E-state index is 0.209. The molecule has 0 bridgehead atoms. The Kier molecular flexibility index (Phi) is 5.22. The smallest absolute Gasteiger partial charge is 0.137 e. The van der Waals surface area contributed by atoms with Crippen molar-refractivity contribution in [3.05, 3.63) is 34.1 Å². The van der Waals surface area contributed by atoms with Crippen LogP contribution in [0.1, 0.15) is 12.0 Å². The molecule has 0 heterocycles. The Bertz CT molecular complexity index is 317. The first-order valence-corrected chi connectivity index (χ1v) is 5.76. The highest BCUT2D eigenvalue weighted by atomic mass is 79.9. The summed E-state index contributed by atoms with van der Waals surface area (Å²) in [7, 11) is 2.01. The van der Waals surface area contributed by atoms with E-state index in [1.54, 1.807) is 6.07 Å². The quantitative estimate of drug-likeness (QED) is 0.894. The summed E-state index contributed by atoms with van der Waals surface area (Å²) in [4.78, 5) is 2.13. The van der Waals surface area contributed by atoms with Crippen molar-refractivity contribution in [1.29, 1.82) is 0 Å². The van der Waals surface area contributed by atoms with E-state index in [1.165, 1.54) is 6.07 Å². The number of nitrogens with zero attached hydrogens (tertiary/aromatic N) is 1. The monoisotopic (exact) mass is 274 g/mol. The highest BCUT2D eigenvalue weighted by molar-refractivity contribution is 9.10. The molecule has 0 atom stereocenters. The molecular weight excluding hydrogens is 259 g/mol. The van der Waals surface area contributed by atoms with Gasteiger partial charge in [-0.2, -0.15) is 0 Å². The summed E-state index contributed by atoms with van der Waals surface area (Å²) in [5.41, 5.74) is 6.40. The van der Waals surface area contributed by atoms with Crippen molar-refractivity contribution in [1.82, 2.24) is 4.90 Å². The first-order valence-electron chi connectivity index (χ1n) is 4.96. The molecule has 1 aromatic rings. The largest absolute Gasteiger partial charge is 0.330 e. The van der Waals surface area contributed by atoms with Crippen LogP contribution in [0, 0.1) is 5.82 Å². The van der Waals surface area contributed by atoms with Gasteiger partial charge in [-0.3, -0.25) is 0 Å². The Labute approximate surface area is 98.4 Å². The van der Waals surface area contributed by atoms with E-state index in [9.17, 15) is 4.39 Å². The number of halogens is 2. The SMILES string of the molecule is CN(CCCN)Cc1cccc(F)c1Br. The maximum Gasteiger partial charge on any atom is 0.137 e. The molecule has 2 nitrogen and oxygen atoms in total. The van der Waals surface area contributed by atoms with Gasteiger partial charge in [0, 0.05) is 6.54 Å². The lowest BCUT2D eigenvalue weighted by Gasteiger charge is -2.17. The number of nitrogens with two attached hydrogens (primary N) is 1. The van der Waals surface area contributed by atoms with Crippen LogP contribution in [0.5, 0.6) is 0 Å². The number of hydrogen-bond acceptors (Lipinski definition) is 2. The molecule has 0 unspecified atom stereocenters. The third-order valence-electron chi connectivity index (χ3n) is 2.22. The molecule has 0 amide bonds. The van der Waals surface area contributed by atoms with E-state index >= 15 is 0 Å². The van der Waals surface area contributed by atoms with Crippen molar-refractivity contribution in [3.63, 3.8) is 0 Å². The molecule has 1 aromatic carbocycles. The molecule has 0 saturated heterocycles. The maximum atomic E-state index is 13.2. The Morgan fingerprint density at radius 2 is 2.20 bits per heavy atom. The molecule has 0 saturated carbocycles. The van der Waals surface area contributed by atoms with Gasteiger partial charge in [-0.1, -0.05) is 12.1 Å². The van der Waals surface area contributed by atoms with Gasteiger partial charge in [0.2, 0.25) is 0 Å². The van der Waals surface area contributed by atoms with Crippen molar-refractivity contribution in [2.75, 3.05) is 20.1 Å².